The molecule has 1 fully saturated rings. The fourth-order valence-electron chi connectivity index (χ4n) is 3.70. The second kappa shape index (κ2) is 7.89. The van der Waals surface area contributed by atoms with Crippen molar-refractivity contribution in [3.63, 3.8) is 0 Å². The van der Waals surface area contributed by atoms with Gasteiger partial charge in [-0.25, -0.2) is 0 Å². The second-order valence-corrected chi connectivity index (χ2v) is 7.01. The number of methoxy groups -OCH3 is 1. The number of hydrogen-bond donors (Lipinski definition) is 1. The summed E-state index contributed by atoms with van der Waals surface area (Å²) in [6, 6.07) is 3.70. The summed E-state index contributed by atoms with van der Waals surface area (Å²) >= 11 is 0. The Morgan fingerprint density at radius 1 is 1.43 bits per heavy atom. The van der Waals surface area contributed by atoms with Gasteiger partial charge in [-0.2, -0.15) is 10.1 Å². The van der Waals surface area contributed by atoms with Crippen LogP contribution in [-0.2, 0) is 10.2 Å². The van der Waals surface area contributed by atoms with Crippen molar-refractivity contribution in [3.8, 4) is 11.5 Å². The number of nitrogens with one attached hydrogen (secondary N) is 1. The lowest BCUT2D eigenvalue weighted by molar-refractivity contribution is 0.0567. The molecule has 1 saturated heterocycles. The maximum atomic E-state index is 12.8. The summed E-state index contributed by atoms with van der Waals surface area (Å²) in [5.41, 5.74) is 0.898. The topological polar surface area (TPSA) is 110 Å². The zero-order valence-corrected chi connectivity index (χ0v) is 15.7. The minimum Gasteiger partial charge on any atom is -0.385 e. The lowest BCUT2D eigenvalue weighted by Crippen LogP contribution is -2.49. The Labute approximate surface area is 162 Å². The van der Waals surface area contributed by atoms with E-state index in [4.69, 9.17) is 9.26 Å². The number of amides is 1. The summed E-state index contributed by atoms with van der Waals surface area (Å²) in [6.07, 6.45) is 8.95. The van der Waals surface area contributed by atoms with Crippen LogP contribution < -0.4 is 0 Å². The van der Waals surface area contributed by atoms with Crippen LogP contribution in [0.1, 0.15) is 35.4 Å². The smallest absolute Gasteiger partial charge is 0.259 e. The van der Waals surface area contributed by atoms with E-state index in [-0.39, 0.29) is 5.91 Å². The molecule has 4 rings (SSSR count). The molecule has 146 valence electrons. The third-order valence-electron chi connectivity index (χ3n) is 5.20. The van der Waals surface area contributed by atoms with Crippen molar-refractivity contribution in [3.05, 3.63) is 48.3 Å². The van der Waals surface area contributed by atoms with Crippen molar-refractivity contribution in [2.24, 2.45) is 0 Å². The number of rotatable bonds is 6. The van der Waals surface area contributed by atoms with Crippen LogP contribution in [0, 0.1) is 0 Å². The number of carbonyl (C=O) groups is 1. The molecule has 0 radical (unpaired) electrons. The Bertz CT molecular complexity index is 911. The molecule has 1 N–H and O–H groups in total. The number of aromatic amines is 1. The summed E-state index contributed by atoms with van der Waals surface area (Å²) in [5.74, 6) is 0.984. The van der Waals surface area contributed by atoms with Crippen LogP contribution in [0.4, 0.5) is 0 Å². The predicted molar refractivity (Wildman–Crippen MR) is 99.4 cm³/mol. The largest absolute Gasteiger partial charge is 0.385 e. The predicted octanol–water partition coefficient (Wildman–Crippen LogP) is 2.07. The molecule has 28 heavy (non-hydrogen) atoms. The summed E-state index contributed by atoms with van der Waals surface area (Å²) in [4.78, 5) is 23.4. The average molecular weight is 382 g/mol. The van der Waals surface area contributed by atoms with E-state index >= 15 is 0 Å². The third-order valence-corrected chi connectivity index (χ3v) is 5.20. The fraction of sp³-hybridized carbons (Fsp3) is 0.421. The minimum atomic E-state index is -0.419. The molecule has 1 aliphatic heterocycles. The molecule has 9 heteroatoms. The Morgan fingerprint density at radius 2 is 2.36 bits per heavy atom. The molecule has 4 heterocycles. The van der Waals surface area contributed by atoms with Crippen LogP contribution in [0.5, 0.6) is 0 Å². The van der Waals surface area contributed by atoms with Crippen molar-refractivity contribution >= 4 is 5.91 Å². The Kier molecular flexibility index (Phi) is 5.16. The molecule has 3 aromatic heterocycles. The highest BCUT2D eigenvalue weighted by molar-refractivity contribution is 5.93. The van der Waals surface area contributed by atoms with E-state index < -0.39 is 5.41 Å². The van der Waals surface area contributed by atoms with Crippen LogP contribution in [0.3, 0.4) is 0 Å². The number of ether oxygens (including phenoxy) is 1. The summed E-state index contributed by atoms with van der Waals surface area (Å²) in [6.45, 7) is 1.74. The molecule has 9 nitrogen and oxygen atoms in total. The number of nitrogens with zero attached hydrogens (tertiary/aromatic N) is 5. The highest BCUT2D eigenvalue weighted by atomic mass is 16.5. The Morgan fingerprint density at radius 3 is 3.11 bits per heavy atom. The zero-order chi connectivity index (χ0) is 19.4. The van der Waals surface area contributed by atoms with Crippen LogP contribution in [0.25, 0.3) is 11.5 Å². The third kappa shape index (κ3) is 3.53. The number of carbonyl (C=O) groups excluding carboxylic acids is 1. The number of H-pyrrole nitrogens is 1. The normalized spacial score (nSPS) is 19.7. The van der Waals surface area contributed by atoms with Crippen molar-refractivity contribution in [1.29, 1.82) is 0 Å². The second-order valence-electron chi connectivity index (χ2n) is 7.01. The SMILES string of the molecule is COCCC1(c2noc(-c3cccnc3)n2)CCCN(C(=O)c2cn[nH]c2)C1. The van der Waals surface area contributed by atoms with Gasteiger partial charge < -0.3 is 14.2 Å². The average Bonchev–Trinajstić information content (AvgIpc) is 3.45. The molecule has 0 saturated carbocycles. The van der Waals surface area contributed by atoms with Gasteiger partial charge in [-0.05, 0) is 31.4 Å². The van der Waals surface area contributed by atoms with Crippen molar-refractivity contribution in [2.75, 3.05) is 26.8 Å². The van der Waals surface area contributed by atoms with E-state index in [9.17, 15) is 4.79 Å². The summed E-state index contributed by atoms with van der Waals surface area (Å²) in [7, 11) is 1.67. The lowest BCUT2D eigenvalue weighted by atomic mass is 9.76. The first-order valence-corrected chi connectivity index (χ1v) is 9.23. The lowest BCUT2D eigenvalue weighted by Gasteiger charge is -2.40. The quantitative estimate of drug-likeness (QED) is 0.695. The highest BCUT2D eigenvalue weighted by Gasteiger charge is 2.42. The Balaban J connectivity index is 1.63. The first-order valence-electron chi connectivity index (χ1n) is 9.23. The molecular weight excluding hydrogens is 360 g/mol. The van der Waals surface area contributed by atoms with Gasteiger partial charge in [0.1, 0.15) is 0 Å². The summed E-state index contributed by atoms with van der Waals surface area (Å²) < 4.78 is 10.9. The number of pyridine rings is 1. The van der Waals surface area contributed by atoms with Gasteiger partial charge >= 0.3 is 0 Å². The number of piperidine rings is 1. The molecule has 0 aromatic carbocycles. The molecule has 1 amide bonds. The maximum absolute atomic E-state index is 12.8. The van der Waals surface area contributed by atoms with E-state index in [1.165, 1.54) is 0 Å². The van der Waals surface area contributed by atoms with Gasteiger partial charge in [0.05, 0.1) is 22.7 Å². The van der Waals surface area contributed by atoms with Gasteiger partial charge in [0.2, 0.25) is 0 Å². The number of aromatic nitrogens is 5. The molecule has 1 aliphatic rings. The molecule has 0 spiro atoms. The van der Waals surface area contributed by atoms with E-state index in [1.807, 2.05) is 17.0 Å². The fourth-order valence-corrected chi connectivity index (χ4v) is 3.70. The molecule has 3 aromatic rings. The van der Waals surface area contributed by atoms with Gasteiger partial charge in [-0.3, -0.25) is 14.9 Å². The molecule has 1 atom stereocenters. The van der Waals surface area contributed by atoms with E-state index in [1.54, 1.807) is 31.9 Å². The van der Waals surface area contributed by atoms with Crippen LogP contribution >= 0.6 is 0 Å². The van der Waals surface area contributed by atoms with Crippen LogP contribution in [0.15, 0.2) is 41.4 Å². The van der Waals surface area contributed by atoms with Gasteiger partial charge in [0.15, 0.2) is 5.82 Å². The first-order chi connectivity index (χ1) is 13.7. The van der Waals surface area contributed by atoms with Crippen LogP contribution in [0.2, 0.25) is 0 Å². The molecule has 0 bridgehead atoms. The molecule has 0 aliphatic carbocycles. The first kappa shape index (κ1) is 18.3. The van der Waals surface area contributed by atoms with E-state index in [0.717, 1.165) is 18.4 Å². The van der Waals surface area contributed by atoms with Crippen LogP contribution in [-0.4, -0.2) is 62.9 Å². The standard InChI is InChI=1S/C19H22N6O3/c1-27-9-6-19(18-23-16(28-24-18)14-4-2-7-20-10-14)5-3-8-25(13-19)17(26)15-11-21-22-12-15/h2,4,7,10-12H,3,5-6,8-9,13H2,1H3,(H,21,22). The number of hydrogen-bond acceptors (Lipinski definition) is 7. The zero-order valence-electron chi connectivity index (χ0n) is 15.7. The highest BCUT2D eigenvalue weighted by Crippen LogP contribution is 2.37. The summed E-state index contributed by atoms with van der Waals surface area (Å²) in [5, 5.41) is 10.8. The van der Waals surface area contributed by atoms with Gasteiger partial charge in [-0.15, -0.1) is 0 Å². The van der Waals surface area contributed by atoms with Gasteiger partial charge in [0, 0.05) is 45.4 Å². The monoisotopic (exact) mass is 382 g/mol. The van der Waals surface area contributed by atoms with Crippen molar-refractivity contribution < 1.29 is 14.1 Å². The van der Waals surface area contributed by atoms with E-state index in [2.05, 4.69) is 25.3 Å². The van der Waals surface area contributed by atoms with Gasteiger partial charge in [-0.1, -0.05) is 5.16 Å². The Hall–Kier alpha value is -3.07. The van der Waals surface area contributed by atoms with Crippen molar-refractivity contribution in [2.45, 2.75) is 24.7 Å². The van der Waals surface area contributed by atoms with Crippen molar-refractivity contribution in [1.82, 2.24) is 30.2 Å². The maximum Gasteiger partial charge on any atom is 0.259 e. The molecule has 1 unspecified atom stereocenters. The van der Waals surface area contributed by atoms with E-state index in [0.29, 0.717) is 43.4 Å². The molecular formula is C19H22N6O3. The minimum absolute atomic E-state index is 0.0498. The number of likely N-dealkylation sites (tertiary alicyclic amines) is 1. The van der Waals surface area contributed by atoms with Gasteiger partial charge in [0.25, 0.3) is 11.8 Å².